The van der Waals surface area contributed by atoms with Gasteiger partial charge in [-0.25, -0.2) is 4.98 Å². The largest absolute Gasteiger partial charge is 0.455 e. The molecule has 3 nitrogen and oxygen atoms in total. The molecule has 0 aliphatic carbocycles. The number of furan rings is 1. The van der Waals surface area contributed by atoms with Gasteiger partial charge in [-0.2, -0.15) is 0 Å². The first-order chi connectivity index (χ1) is 25.3. The first-order valence-electron chi connectivity index (χ1n) is 19.1. The fourth-order valence-electron chi connectivity index (χ4n) is 7.39. The van der Waals surface area contributed by atoms with Crippen LogP contribution in [0.3, 0.4) is 0 Å². The molecule has 0 amide bonds. The fourth-order valence-corrected chi connectivity index (χ4v) is 8.41. The summed E-state index contributed by atoms with van der Waals surface area (Å²) in [6.45, 7) is 15.3. The molecular weight excluding hydrogens is 637 g/mol. The first kappa shape index (κ1) is 30.6. The summed E-state index contributed by atoms with van der Waals surface area (Å²) in [5.74, 6) is -0.0888. The number of aromatic nitrogens is 2. The van der Waals surface area contributed by atoms with Crippen LogP contribution in [0.1, 0.15) is 59.0 Å². The molecule has 0 N–H and O–H groups in total. The molecule has 0 bridgehead atoms. The van der Waals surface area contributed by atoms with E-state index in [-0.39, 0.29) is 11.8 Å². The van der Waals surface area contributed by atoms with Crippen LogP contribution in [0.5, 0.6) is 0 Å². The van der Waals surface area contributed by atoms with Crippen molar-refractivity contribution in [3.63, 3.8) is 0 Å². The lowest BCUT2D eigenvalue weighted by Crippen LogP contribution is -2.23. The zero-order valence-electron chi connectivity index (χ0n) is 32.6. The molecule has 0 spiro atoms. The van der Waals surface area contributed by atoms with E-state index in [1.807, 2.05) is 24.3 Å². The van der Waals surface area contributed by atoms with Gasteiger partial charge in [-0.15, -0.1) is 0 Å². The summed E-state index contributed by atoms with van der Waals surface area (Å²) in [7, 11) is -2.17. The van der Waals surface area contributed by atoms with E-state index in [0.717, 1.165) is 38.8 Å². The molecule has 2 heterocycles. The van der Waals surface area contributed by atoms with Crippen molar-refractivity contribution in [2.75, 3.05) is 0 Å². The maximum atomic E-state index is 8.99. The normalized spacial score (nSPS) is 13.1. The first-order valence-corrected chi connectivity index (χ1v) is 21.6. The van der Waals surface area contributed by atoms with Crippen molar-refractivity contribution < 1.29 is 7.16 Å². The predicted molar refractivity (Wildman–Crippen MR) is 220 cm³/mol. The molecule has 2 aromatic heterocycles. The second-order valence-electron chi connectivity index (χ2n) is 15.4. The smallest absolute Gasteiger partial charge is 0.149 e. The highest BCUT2D eigenvalue weighted by Gasteiger charge is 2.25. The zero-order chi connectivity index (χ0) is 37.2. The van der Waals surface area contributed by atoms with Gasteiger partial charge < -0.3 is 4.42 Å². The molecule has 0 aliphatic rings. The lowest BCUT2D eigenvalue weighted by Gasteiger charge is -2.24. The van der Waals surface area contributed by atoms with Crippen LogP contribution in [0.15, 0.2) is 132 Å². The van der Waals surface area contributed by atoms with Crippen molar-refractivity contribution >= 4 is 41.0 Å². The summed E-state index contributed by atoms with van der Waals surface area (Å²) in [6.07, 6.45) is 0. The van der Waals surface area contributed by atoms with Gasteiger partial charge >= 0.3 is 0 Å². The van der Waals surface area contributed by atoms with Gasteiger partial charge in [0.15, 0.2) is 0 Å². The number of imidazole rings is 1. The highest BCUT2D eigenvalue weighted by Crippen LogP contribution is 2.43. The van der Waals surface area contributed by atoms with Gasteiger partial charge in [-0.1, -0.05) is 138 Å². The molecule has 0 radical (unpaired) electrons. The Kier molecular flexibility index (Phi) is 7.71. The molecule has 51 heavy (non-hydrogen) atoms. The van der Waals surface area contributed by atoms with Crippen LogP contribution in [0.4, 0.5) is 0 Å². The SMILES string of the molecule is [2H]C([2H])(c1ccc2c(c1)oc1c(-c3nc4ccccc4n3-c3c(C(C)C)cc(-c4ccc(-c5ccccc5)cc4)cc3C(C)C)cccc12)[Si](C)(C)C. The molecule has 0 aliphatic heterocycles. The van der Waals surface area contributed by atoms with Gasteiger partial charge in [-0.3, -0.25) is 4.57 Å². The molecule has 8 aromatic rings. The predicted octanol–water partition coefficient (Wildman–Crippen LogP) is 13.6. The maximum Gasteiger partial charge on any atom is 0.149 e. The highest BCUT2D eigenvalue weighted by molar-refractivity contribution is 6.75. The summed E-state index contributed by atoms with van der Waals surface area (Å²) in [4.78, 5) is 5.34. The number of para-hydroxylation sites is 3. The summed E-state index contributed by atoms with van der Waals surface area (Å²) in [6, 6.07) is 44.8. The minimum Gasteiger partial charge on any atom is -0.455 e. The Morgan fingerprint density at radius 1 is 0.647 bits per heavy atom. The van der Waals surface area contributed by atoms with Crippen LogP contribution in [0, 0.1) is 0 Å². The third-order valence-corrected chi connectivity index (χ3v) is 10.8. The molecule has 254 valence electrons. The highest BCUT2D eigenvalue weighted by atomic mass is 28.3. The van der Waals surface area contributed by atoms with Gasteiger partial charge in [0.2, 0.25) is 0 Å². The Bertz CT molecular complexity index is 2600. The van der Waals surface area contributed by atoms with Crippen LogP contribution in [0.2, 0.25) is 19.6 Å². The standard InChI is InChI=1S/C47H46N2OSi/c1-30(2)40-27-36(35-23-21-34(22-24-35)33-14-9-8-10-15-33)28-41(31(3)4)45(40)49-43-19-12-11-18-42(43)48-47(49)39-17-13-16-38-37-25-20-32(29-51(5,6)7)26-44(37)50-46(38)39/h8-28,30-31H,29H2,1-7H3/i29D2. The Morgan fingerprint density at radius 3 is 1.94 bits per heavy atom. The fraction of sp³-hybridized carbons (Fsp3) is 0.213. The molecule has 0 atom stereocenters. The summed E-state index contributed by atoms with van der Waals surface area (Å²) in [5, 5.41) is 1.98. The number of nitrogens with zero attached hydrogens (tertiary/aromatic N) is 2. The molecule has 4 heteroatoms. The van der Waals surface area contributed by atoms with E-state index in [1.54, 1.807) is 0 Å². The lowest BCUT2D eigenvalue weighted by molar-refractivity contribution is 0.669. The van der Waals surface area contributed by atoms with Gasteiger partial charge in [0.25, 0.3) is 0 Å². The van der Waals surface area contributed by atoms with E-state index in [1.165, 1.54) is 39.1 Å². The van der Waals surface area contributed by atoms with Crippen molar-refractivity contribution in [2.24, 2.45) is 0 Å². The molecule has 8 rings (SSSR count). The zero-order valence-corrected chi connectivity index (χ0v) is 31.6. The van der Waals surface area contributed by atoms with Crippen LogP contribution >= 0.6 is 0 Å². The number of benzene rings is 6. The lowest BCUT2D eigenvalue weighted by atomic mass is 9.87. The molecule has 0 fully saturated rings. The Morgan fingerprint density at radius 2 is 1.27 bits per heavy atom. The third-order valence-electron chi connectivity index (χ3n) is 9.78. The molecule has 0 saturated carbocycles. The average molecular weight is 685 g/mol. The van der Waals surface area contributed by atoms with Crippen molar-refractivity contribution in [2.45, 2.75) is 65.2 Å². The van der Waals surface area contributed by atoms with Gasteiger partial charge in [0, 0.05) is 21.6 Å². The van der Waals surface area contributed by atoms with Crippen molar-refractivity contribution in [1.29, 1.82) is 0 Å². The Labute approximate surface area is 305 Å². The number of fused-ring (bicyclic) bond motifs is 4. The quantitative estimate of drug-likeness (QED) is 0.149. The van der Waals surface area contributed by atoms with Crippen molar-refractivity contribution in [1.82, 2.24) is 9.55 Å². The van der Waals surface area contributed by atoms with Crippen LogP contribution in [-0.2, 0) is 6.00 Å². The molecule has 0 saturated heterocycles. The Hall–Kier alpha value is -5.19. The van der Waals surface area contributed by atoms with Crippen LogP contribution in [0.25, 0.3) is 72.3 Å². The monoisotopic (exact) mass is 684 g/mol. The number of hydrogen-bond donors (Lipinski definition) is 0. The van der Waals surface area contributed by atoms with Gasteiger partial charge in [0.05, 0.1) is 22.3 Å². The molecular formula is C47H46N2OSi. The van der Waals surface area contributed by atoms with Crippen molar-refractivity contribution in [3.05, 3.63) is 144 Å². The topological polar surface area (TPSA) is 31.0 Å². The minimum absolute atomic E-state index is 0.238. The van der Waals surface area contributed by atoms with E-state index in [9.17, 15) is 0 Å². The summed E-state index contributed by atoms with van der Waals surface area (Å²) < 4.78 is 27.1. The van der Waals surface area contributed by atoms with E-state index in [0.29, 0.717) is 11.1 Å². The second kappa shape index (κ2) is 12.8. The number of hydrogen-bond acceptors (Lipinski definition) is 2. The third kappa shape index (κ3) is 6.12. The average Bonchev–Trinajstić information content (AvgIpc) is 3.72. The van der Waals surface area contributed by atoms with Gasteiger partial charge in [-0.05, 0) is 93.2 Å². The molecule has 6 aromatic carbocycles. The minimum atomic E-state index is -2.17. The van der Waals surface area contributed by atoms with E-state index >= 15 is 0 Å². The van der Waals surface area contributed by atoms with E-state index in [4.69, 9.17) is 12.1 Å². The van der Waals surface area contributed by atoms with E-state index < -0.39 is 14.1 Å². The summed E-state index contributed by atoms with van der Waals surface area (Å²) in [5.41, 5.74) is 13.5. The van der Waals surface area contributed by atoms with E-state index in [2.05, 4.69) is 155 Å². The van der Waals surface area contributed by atoms with Crippen LogP contribution < -0.4 is 0 Å². The summed E-state index contributed by atoms with van der Waals surface area (Å²) >= 11 is 0. The second-order valence-corrected chi connectivity index (χ2v) is 20.1. The molecule has 0 unspecified atom stereocenters. The van der Waals surface area contributed by atoms with Crippen LogP contribution in [-0.4, -0.2) is 17.6 Å². The Balaban J connectivity index is 1.35. The number of rotatable bonds is 8. The van der Waals surface area contributed by atoms with Gasteiger partial charge in [0.1, 0.15) is 17.0 Å². The van der Waals surface area contributed by atoms with Crippen molar-refractivity contribution in [3.8, 4) is 39.3 Å². The maximum absolute atomic E-state index is 8.99.